The predicted octanol–water partition coefficient (Wildman–Crippen LogP) is 2.70. The largest absolute Gasteiger partial charge is 0.480 e. The molecule has 0 spiro atoms. The van der Waals surface area contributed by atoms with Gasteiger partial charge in [0.25, 0.3) is 0 Å². The third-order valence-corrected chi connectivity index (χ3v) is 6.00. The van der Waals surface area contributed by atoms with E-state index in [2.05, 4.69) is 34.4 Å². The van der Waals surface area contributed by atoms with Gasteiger partial charge in [0.15, 0.2) is 5.82 Å². The Bertz CT molecular complexity index is 1120. The van der Waals surface area contributed by atoms with Crippen molar-refractivity contribution >= 4 is 28.2 Å². The maximum Gasteiger partial charge on any atom is 0.320 e. The monoisotopic (exact) mass is 401 g/mol. The molecule has 7 nitrogen and oxygen atoms in total. The summed E-state index contributed by atoms with van der Waals surface area (Å²) in [5, 5.41) is 15.5. The molecular weight excluding hydrogens is 378 g/mol. The molecule has 0 amide bonds. The minimum absolute atomic E-state index is 0.168. The van der Waals surface area contributed by atoms with Crippen LogP contribution in [0, 0.1) is 5.92 Å². The highest BCUT2D eigenvalue weighted by Gasteiger charge is 2.33. The van der Waals surface area contributed by atoms with Gasteiger partial charge in [0.2, 0.25) is 0 Å². The molecule has 4 heterocycles. The molecule has 0 saturated carbocycles. The Morgan fingerprint density at radius 2 is 2.17 bits per heavy atom. The number of nitrogens with one attached hydrogen (secondary N) is 2. The summed E-state index contributed by atoms with van der Waals surface area (Å²) in [5.41, 5.74) is 8.52. The van der Waals surface area contributed by atoms with Crippen LogP contribution in [0.1, 0.15) is 18.4 Å². The van der Waals surface area contributed by atoms with E-state index in [1.54, 1.807) is 6.20 Å². The van der Waals surface area contributed by atoms with Crippen LogP contribution in [0.15, 0.2) is 71.8 Å². The molecule has 1 saturated heterocycles. The lowest BCUT2D eigenvalue weighted by Gasteiger charge is -2.31. The molecule has 2 unspecified atom stereocenters. The minimum Gasteiger partial charge on any atom is -0.480 e. The topological polar surface area (TPSA) is 89.8 Å². The number of pyridine rings is 1. The first-order valence-corrected chi connectivity index (χ1v) is 10.2. The summed E-state index contributed by atoms with van der Waals surface area (Å²) in [6.07, 6.45) is 7.06. The lowest BCUT2D eigenvalue weighted by atomic mass is 9.89. The molecular formula is C23H23N5O2. The van der Waals surface area contributed by atoms with Gasteiger partial charge >= 0.3 is 5.97 Å². The van der Waals surface area contributed by atoms with E-state index in [0.29, 0.717) is 19.5 Å². The fourth-order valence-electron chi connectivity index (χ4n) is 4.41. The molecule has 1 aromatic heterocycles. The second-order valence-corrected chi connectivity index (χ2v) is 7.73. The van der Waals surface area contributed by atoms with Crippen molar-refractivity contribution in [3.8, 4) is 0 Å². The van der Waals surface area contributed by atoms with Gasteiger partial charge in [-0.1, -0.05) is 24.8 Å². The van der Waals surface area contributed by atoms with E-state index in [1.165, 1.54) is 0 Å². The first-order valence-electron chi connectivity index (χ1n) is 10.2. The molecule has 2 atom stereocenters. The predicted molar refractivity (Wildman–Crippen MR) is 116 cm³/mol. The summed E-state index contributed by atoms with van der Waals surface area (Å²) in [5.74, 6) is 0.252. The van der Waals surface area contributed by atoms with E-state index >= 15 is 0 Å². The highest BCUT2D eigenvalue weighted by molar-refractivity contribution is 6.01. The number of allylic oxidation sites excluding steroid dienone is 2. The SMILES string of the molecule is C=CC1=CC(C2CCC(C(=O)O)NC2)=NC2=C(c3cccc4ncccc34)CNN12. The van der Waals surface area contributed by atoms with Crippen LogP contribution in [-0.2, 0) is 4.79 Å². The normalized spacial score (nSPS) is 23.8. The zero-order valence-corrected chi connectivity index (χ0v) is 16.5. The number of hydrogen-bond donors (Lipinski definition) is 3. The molecule has 0 radical (unpaired) electrons. The van der Waals surface area contributed by atoms with Gasteiger partial charge in [-0.05, 0) is 42.7 Å². The number of nitrogens with zero attached hydrogens (tertiary/aromatic N) is 3. The molecule has 1 fully saturated rings. The number of piperidine rings is 1. The van der Waals surface area contributed by atoms with Crippen LogP contribution in [0.5, 0.6) is 0 Å². The number of aromatic nitrogens is 1. The quantitative estimate of drug-likeness (QED) is 0.730. The van der Waals surface area contributed by atoms with Crippen molar-refractivity contribution in [2.24, 2.45) is 10.9 Å². The smallest absolute Gasteiger partial charge is 0.320 e. The van der Waals surface area contributed by atoms with Gasteiger partial charge in [0, 0.05) is 41.9 Å². The van der Waals surface area contributed by atoms with E-state index in [0.717, 1.165) is 45.7 Å². The molecule has 7 heteroatoms. The first-order chi connectivity index (χ1) is 14.7. The Labute approximate surface area is 174 Å². The van der Waals surface area contributed by atoms with Gasteiger partial charge < -0.3 is 10.4 Å². The Kier molecular flexibility index (Phi) is 4.69. The molecule has 0 aliphatic carbocycles. The zero-order chi connectivity index (χ0) is 20.7. The van der Waals surface area contributed by atoms with E-state index in [9.17, 15) is 9.90 Å². The number of fused-ring (bicyclic) bond motifs is 2. The standard InChI is InChI=1S/C23H23N5O2/c1-2-15-11-21(14-8-9-20(23(29)30)25-12-14)27-22-18(13-26-28(15)22)16-5-3-7-19-17(16)6-4-10-24-19/h2-7,10-11,14,20,25-26H,1,8-9,12-13H2,(H,29,30). The number of hydrogen-bond acceptors (Lipinski definition) is 6. The molecule has 5 rings (SSSR count). The second kappa shape index (κ2) is 7.51. The number of hydrazine groups is 1. The maximum absolute atomic E-state index is 11.2. The van der Waals surface area contributed by atoms with Crippen LogP contribution < -0.4 is 10.7 Å². The summed E-state index contributed by atoms with van der Waals surface area (Å²) >= 11 is 0. The summed E-state index contributed by atoms with van der Waals surface area (Å²) in [7, 11) is 0. The Balaban J connectivity index is 1.56. The van der Waals surface area contributed by atoms with Crippen LogP contribution in [0.2, 0.25) is 0 Å². The third-order valence-electron chi connectivity index (χ3n) is 6.00. The van der Waals surface area contributed by atoms with Crippen molar-refractivity contribution in [1.82, 2.24) is 20.7 Å². The number of carbonyl (C=O) groups is 1. The lowest BCUT2D eigenvalue weighted by molar-refractivity contribution is -0.140. The van der Waals surface area contributed by atoms with Crippen LogP contribution in [-0.4, -0.2) is 45.9 Å². The van der Waals surface area contributed by atoms with Gasteiger partial charge in [0.05, 0.1) is 11.2 Å². The maximum atomic E-state index is 11.2. The van der Waals surface area contributed by atoms with Crippen molar-refractivity contribution < 1.29 is 9.90 Å². The fourth-order valence-corrected chi connectivity index (χ4v) is 4.41. The average molecular weight is 401 g/mol. The molecule has 2 aromatic rings. The molecule has 3 N–H and O–H groups in total. The molecule has 3 aliphatic rings. The fraction of sp³-hybridized carbons (Fsp3) is 0.261. The number of carboxylic acid groups (broad SMARTS) is 1. The van der Waals surface area contributed by atoms with Gasteiger partial charge in [-0.2, -0.15) is 0 Å². The second-order valence-electron chi connectivity index (χ2n) is 7.73. The van der Waals surface area contributed by atoms with E-state index in [-0.39, 0.29) is 5.92 Å². The summed E-state index contributed by atoms with van der Waals surface area (Å²) in [4.78, 5) is 20.8. The Morgan fingerprint density at radius 3 is 2.93 bits per heavy atom. The van der Waals surface area contributed by atoms with Crippen molar-refractivity contribution in [3.63, 3.8) is 0 Å². The highest BCUT2D eigenvalue weighted by atomic mass is 16.4. The number of aliphatic imine (C=N–C) groups is 1. The lowest BCUT2D eigenvalue weighted by Crippen LogP contribution is -2.46. The highest BCUT2D eigenvalue weighted by Crippen LogP contribution is 2.35. The average Bonchev–Trinajstić information content (AvgIpc) is 3.22. The van der Waals surface area contributed by atoms with E-state index < -0.39 is 12.0 Å². The minimum atomic E-state index is -0.790. The molecule has 152 valence electrons. The van der Waals surface area contributed by atoms with Crippen molar-refractivity contribution in [2.45, 2.75) is 18.9 Å². The van der Waals surface area contributed by atoms with Crippen LogP contribution in [0.25, 0.3) is 16.5 Å². The Hall–Kier alpha value is -3.29. The zero-order valence-electron chi connectivity index (χ0n) is 16.5. The van der Waals surface area contributed by atoms with E-state index in [4.69, 9.17) is 4.99 Å². The number of benzene rings is 1. The third kappa shape index (κ3) is 3.12. The Morgan fingerprint density at radius 1 is 1.27 bits per heavy atom. The van der Waals surface area contributed by atoms with Crippen molar-refractivity contribution in [1.29, 1.82) is 0 Å². The summed E-state index contributed by atoms with van der Waals surface area (Å²) < 4.78 is 0. The first kappa shape index (κ1) is 18.7. The summed E-state index contributed by atoms with van der Waals surface area (Å²) in [6, 6.07) is 9.71. The van der Waals surface area contributed by atoms with Crippen LogP contribution in [0.3, 0.4) is 0 Å². The van der Waals surface area contributed by atoms with Gasteiger partial charge in [-0.15, -0.1) is 0 Å². The van der Waals surface area contributed by atoms with Crippen molar-refractivity contribution in [3.05, 3.63) is 72.3 Å². The molecule has 30 heavy (non-hydrogen) atoms. The van der Waals surface area contributed by atoms with Gasteiger partial charge in [0.1, 0.15) is 6.04 Å². The van der Waals surface area contributed by atoms with Crippen LogP contribution in [0.4, 0.5) is 0 Å². The summed E-state index contributed by atoms with van der Waals surface area (Å²) in [6.45, 7) is 5.24. The molecule has 3 aliphatic heterocycles. The number of carboxylic acids is 1. The van der Waals surface area contributed by atoms with Gasteiger partial charge in [-0.25, -0.2) is 10.4 Å². The van der Waals surface area contributed by atoms with E-state index in [1.807, 2.05) is 35.4 Å². The number of aliphatic carboxylic acids is 1. The van der Waals surface area contributed by atoms with Crippen LogP contribution >= 0.6 is 0 Å². The number of rotatable bonds is 4. The molecule has 0 bridgehead atoms. The van der Waals surface area contributed by atoms with Gasteiger partial charge in [-0.3, -0.25) is 14.8 Å². The van der Waals surface area contributed by atoms with Crippen molar-refractivity contribution in [2.75, 3.05) is 13.1 Å². The molecule has 1 aromatic carbocycles.